The van der Waals surface area contributed by atoms with E-state index >= 15 is 0 Å². The van der Waals surface area contributed by atoms with E-state index in [-0.39, 0.29) is 0 Å². The Labute approximate surface area is 121 Å². The van der Waals surface area contributed by atoms with E-state index in [4.69, 9.17) is 4.74 Å². The molecular formula is C18H23NO. The van der Waals surface area contributed by atoms with Crippen LogP contribution >= 0.6 is 0 Å². The quantitative estimate of drug-likeness (QED) is 0.901. The van der Waals surface area contributed by atoms with Gasteiger partial charge in [0.05, 0.1) is 7.11 Å². The van der Waals surface area contributed by atoms with Crippen LogP contribution in [0, 0.1) is 5.92 Å². The molecule has 1 fully saturated rings. The molecule has 0 spiro atoms. The van der Waals surface area contributed by atoms with Gasteiger partial charge < -0.3 is 10.1 Å². The third-order valence-electron chi connectivity index (χ3n) is 4.54. The van der Waals surface area contributed by atoms with E-state index in [1.54, 1.807) is 7.11 Å². The summed E-state index contributed by atoms with van der Waals surface area (Å²) in [5.74, 6) is 1.74. The van der Waals surface area contributed by atoms with Gasteiger partial charge in [-0.3, -0.25) is 0 Å². The molecule has 0 saturated heterocycles. The highest BCUT2D eigenvalue weighted by atomic mass is 16.5. The average molecular weight is 269 g/mol. The second kappa shape index (κ2) is 5.84. The SMILES string of the molecule is COc1ccc2cc(CNC3CCCC3C)ccc2c1. The zero-order valence-corrected chi connectivity index (χ0v) is 12.4. The van der Waals surface area contributed by atoms with Crippen LogP contribution in [0.4, 0.5) is 0 Å². The second-order valence-corrected chi connectivity index (χ2v) is 5.94. The van der Waals surface area contributed by atoms with Gasteiger partial charge in [0.25, 0.3) is 0 Å². The topological polar surface area (TPSA) is 21.3 Å². The molecular weight excluding hydrogens is 246 g/mol. The number of ether oxygens (including phenoxy) is 1. The Morgan fingerprint density at radius 3 is 2.65 bits per heavy atom. The molecule has 0 bridgehead atoms. The van der Waals surface area contributed by atoms with Crippen LogP contribution in [0.25, 0.3) is 10.8 Å². The third kappa shape index (κ3) is 2.80. The van der Waals surface area contributed by atoms with Gasteiger partial charge in [-0.2, -0.15) is 0 Å². The van der Waals surface area contributed by atoms with Gasteiger partial charge in [-0.25, -0.2) is 0 Å². The van der Waals surface area contributed by atoms with Gasteiger partial charge in [-0.15, -0.1) is 0 Å². The van der Waals surface area contributed by atoms with Crippen LogP contribution in [0.3, 0.4) is 0 Å². The van der Waals surface area contributed by atoms with E-state index in [1.165, 1.54) is 35.6 Å². The van der Waals surface area contributed by atoms with Gasteiger partial charge in [-0.05, 0) is 53.3 Å². The zero-order chi connectivity index (χ0) is 13.9. The van der Waals surface area contributed by atoms with Crippen molar-refractivity contribution in [3.8, 4) is 5.75 Å². The molecule has 0 radical (unpaired) electrons. The molecule has 1 aliphatic rings. The number of fused-ring (bicyclic) bond motifs is 1. The first-order chi connectivity index (χ1) is 9.76. The molecule has 2 nitrogen and oxygen atoms in total. The highest BCUT2D eigenvalue weighted by Crippen LogP contribution is 2.26. The van der Waals surface area contributed by atoms with Crippen molar-refractivity contribution >= 4 is 10.8 Å². The number of hydrogen-bond acceptors (Lipinski definition) is 2. The molecule has 2 aromatic carbocycles. The normalized spacial score (nSPS) is 22.3. The Morgan fingerprint density at radius 2 is 1.90 bits per heavy atom. The summed E-state index contributed by atoms with van der Waals surface area (Å²) in [6.45, 7) is 3.33. The molecule has 0 heterocycles. The summed E-state index contributed by atoms with van der Waals surface area (Å²) < 4.78 is 5.27. The maximum Gasteiger partial charge on any atom is 0.119 e. The predicted octanol–water partition coefficient (Wildman–Crippen LogP) is 4.13. The lowest BCUT2D eigenvalue weighted by atomic mass is 10.0. The fourth-order valence-electron chi connectivity index (χ4n) is 3.21. The summed E-state index contributed by atoms with van der Waals surface area (Å²) in [6, 6.07) is 13.6. The van der Waals surface area contributed by atoms with Gasteiger partial charge in [0.15, 0.2) is 0 Å². The van der Waals surface area contributed by atoms with Crippen molar-refractivity contribution in [3.05, 3.63) is 42.0 Å². The predicted molar refractivity (Wildman–Crippen MR) is 84.1 cm³/mol. The molecule has 0 amide bonds. The minimum Gasteiger partial charge on any atom is -0.497 e. The van der Waals surface area contributed by atoms with Crippen molar-refractivity contribution < 1.29 is 4.74 Å². The number of nitrogens with one attached hydrogen (secondary N) is 1. The lowest BCUT2D eigenvalue weighted by molar-refractivity contribution is 0.415. The van der Waals surface area contributed by atoms with Gasteiger partial charge in [0, 0.05) is 12.6 Å². The van der Waals surface area contributed by atoms with Crippen LogP contribution in [0.1, 0.15) is 31.7 Å². The molecule has 0 aromatic heterocycles. The monoisotopic (exact) mass is 269 g/mol. The van der Waals surface area contributed by atoms with Gasteiger partial charge in [-0.1, -0.05) is 31.5 Å². The molecule has 2 atom stereocenters. The second-order valence-electron chi connectivity index (χ2n) is 5.94. The Bertz CT molecular complexity index is 593. The minimum atomic E-state index is 0.696. The van der Waals surface area contributed by atoms with Crippen molar-refractivity contribution in [1.82, 2.24) is 5.32 Å². The molecule has 3 rings (SSSR count). The molecule has 20 heavy (non-hydrogen) atoms. The highest BCUT2D eigenvalue weighted by Gasteiger charge is 2.22. The zero-order valence-electron chi connectivity index (χ0n) is 12.4. The van der Waals surface area contributed by atoms with Gasteiger partial charge in [0.2, 0.25) is 0 Å². The fourth-order valence-corrected chi connectivity index (χ4v) is 3.21. The van der Waals surface area contributed by atoms with Gasteiger partial charge >= 0.3 is 0 Å². The third-order valence-corrected chi connectivity index (χ3v) is 4.54. The molecule has 2 aromatic rings. The maximum atomic E-state index is 5.27. The summed E-state index contributed by atoms with van der Waals surface area (Å²) >= 11 is 0. The fraction of sp³-hybridized carbons (Fsp3) is 0.444. The van der Waals surface area contributed by atoms with Crippen LogP contribution in [0.5, 0.6) is 5.75 Å². The Balaban J connectivity index is 1.72. The molecule has 106 valence electrons. The lowest BCUT2D eigenvalue weighted by Crippen LogP contribution is -2.30. The van der Waals surface area contributed by atoms with Crippen molar-refractivity contribution in [2.45, 2.75) is 38.8 Å². The Hall–Kier alpha value is -1.54. The maximum absolute atomic E-state index is 5.27. The summed E-state index contributed by atoms with van der Waals surface area (Å²) in [6.07, 6.45) is 4.07. The smallest absolute Gasteiger partial charge is 0.119 e. The van der Waals surface area contributed by atoms with Crippen LogP contribution in [0.2, 0.25) is 0 Å². The highest BCUT2D eigenvalue weighted by molar-refractivity contribution is 5.84. The average Bonchev–Trinajstić information content (AvgIpc) is 2.89. The van der Waals surface area contributed by atoms with Gasteiger partial charge in [0.1, 0.15) is 5.75 Å². The standard InChI is InChI=1S/C18H23NO/c1-13-4-3-5-18(13)19-12-14-6-7-16-11-17(20-2)9-8-15(16)10-14/h6-11,13,18-19H,3-5,12H2,1-2H3. The number of rotatable bonds is 4. The summed E-state index contributed by atoms with van der Waals surface area (Å²) in [5.41, 5.74) is 1.36. The minimum absolute atomic E-state index is 0.696. The van der Waals surface area contributed by atoms with Crippen molar-refractivity contribution in [2.24, 2.45) is 5.92 Å². The van der Waals surface area contributed by atoms with E-state index in [1.807, 2.05) is 6.07 Å². The van der Waals surface area contributed by atoms with Crippen molar-refractivity contribution in [2.75, 3.05) is 7.11 Å². The van der Waals surface area contributed by atoms with E-state index in [0.717, 1.165) is 18.2 Å². The number of benzene rings is 2. The van der Waals surface area contributed by atoms with E-state index in [0.29, 0.717) is 6.04 Å². The largest absolute Gasteiger partial charge is 0.497 e. The summed E-state index contributed by atoms with van der Waals surface area (Å²) in [5, 5.41) is 6.23. The Kier molecular flexibility index (Phi) is 3.93. The molecule has 0 aliphatic heterocycles. The van der Waals surface area contributed by atoms with Crippen LogP contribution < -0.4 is 10.1 Å². The van der Waals surface area contributed by atoms with E-state index < -0.39 is 0 Å². The lowest BCUT2D eigenvalue weighted by Gasteiger charge is -2.17. The van der Waals surface area contributed by atoms with Crippen molar-refractivity contribution in [1.29, 1.82) is 0 Å². The molecule has 2 unspecified atom stereocenters. The molecule has 1 aliphatic carbocycles. The first-order valence-corrected chi connectivity index (χ1v) is 7.56. The van der Waals surface area contributed by atoms with E-state index in [9.17, 15) is 0 Å². The summed E-state index contributed by atoms with van der Waals surface area (Å²) in [4.78, 5) is 0. The van der Waals surface area contributed by atoms with Crippen LogP contribution in [-0.4, -0.2) is 13.2 Å². The summed E-state index contributed by atoms with van der Waals surface area (Å²) in [7, 11) is 1.71. The van der Waals surface area contributed by atoms with Crippen molar-refractivity contribution in [3.63, 3.8) is 0 Å². The van der Waals surface area contributed by atoms with Crippen LogP contribution in [0.15, 0.2) is 36.4 Å². The number of hydrogen-bond donors (Lipinski definition) is 1. The van der Waals surface area contributed by atoms with Crippen LogP contribution in [-0.2, 0) is 6.54 Å². The first-order valence-electron chi connectivity index (χ1n) is 7.56. The van der Waals surface area contributed by atoms with E-state index in [2.05, 4.69) is 42.6 Å². The first kappa shape index (κ1) is 13.4. The molecule has 1 N–H and O–H groups in total. The molecule has 1 saturated carbocycles. The molecule has 2 heteroatoms. The number of methoxy groups -OCH3 is 1. The Morgan fingerprint density at radius 1 is 1.10 bits per heavy atom.